The number of carbonyl (C=O) groups is 2. The molecule has 4 rings (SSSR count). The van der Waals surface area contributed by atoms with Gasteiger partial charge < -0.3 is 25.0 Å². The van der Waals surface area contributed by atoms with E-state index < -0.39 is 17.9 Å². The molecule has 1 atom stereocenters. The van der Waals surface area contributed by atoms with E-state index in [1.807, 2.05) is 48.5 Å². The Morgan fingerprint density at radius 1 is 0.886 bits per heavy atom. The van der Waals surface area contributed by atoms with Gasteiger partial charge in [0.15, 0.2) is 11.5 Å². The lowest BCUT2D eigenvalue weighted by atomic mass is 10.0. The van der Waals surface area contributed by atoms with Crippen LogP contribution < -0.4 is 14.8 Å². The summed E-state index contributed by atoms with van der Waals surface area (Å²) in [5.74, 6) is -0.744. The maximum atomic E-state index is 12.8. The summed E-state index contributed by atoms with van der Waals surface area (Å²) in [5.41, 5.74) is 2.03. The molecular formula is C28H25NO6. The largest absolute Gasteiger partial charge is 0.504 e. The third kappa shape index (κ3) is 5.89. The second kappa shape index (κ2) is 10.6. The molecule has 0 radical (unpaired) electrons. The molecule has 178 valence electrons. The van der Waals surface area contributed by atoms with Crippen LogP contribution in [-0.4, -0.2) is 35.2 Å². The number of methoxy groups -OCH3 is 1. The van der Waals surface area contributed by atoms with E-state index in [0.29, 0.717) is 23.5 Å². The molecule has 0 spiro atoms. The van der Waals surface area contributed by atoms with Crippen molar-refractivity contribution in [3.8, 4) is 17.2 Å². The Bertz CT molecular complexity index is 1350. The summed E-state index contributed by atoms with van der Waals surface area (Å²) in [6.07, 6.45) is 0.0351. The van der Waals surface area contributed by atoms with Gasteiger partial charge in [0, 0.05) is 12.0 Å². The molecule has 7 heteroatoms. The molecule has 0 aliphatic rings. The first-order chi connectivity index (χ1) is 16.9. The van der Waals surface area contributed by atoms with Crippen LogP contribution in [0.2, 0.25) is 0 Å². The average molecular weight is 472 g/mol. The molecule has 0 saturated carbocycles. The average Bonchev–Trinajstić information content (AvgIpc) is 2.88. The predicted molar refractivity (Wildman–Crippen MR) is 132 cm³/mol. The summed E-state index contributed by atoms with van der Waals surface area (Å²) in [5, 5.41) is 23.7. The Morgan fingerprint density at radius 2 is 1.63 bits per heavy atom. The molecule has 0 heterocycles. The van der Waals surface area contributed by atoms with E-state index >= 15 is 0 Å². The SMILES string of the molecule is COc1cc(CC(NC(=O)c2ccc3cc(OCc4ccccc4)ccc3c2)C(=O)O)ccc1O. The Labute approximate surface area is 202 Å². The molecular weight excluding hydrogens is 446 g/mol. The van der Waals surface area contributed by atoms with Crippen LogP contribution in [0.25, 0.3) is 10.8 Å². The number of carboxylic acids is 1. The van der Waals surface area contributed by atoms with Gasteiger partial charge >= 0.3 is 5.97 Å². The number of ether oxygens (including phenoxy) is 2. The highest BCUT2D eigenvalue weighted by Gasteiger charge is 2.22. The highest BCUT2D eigenvalue weighted by Crippen LogP contribution is 2.27. The Balaban J connectivity index is 1.45. The van der Waals surface area contributed by atoms with E-state index in [4.69, 9.17) is 9.47 Å². The van der Waals surface area contributed by atoms with Crippen molar-refractivity contribution in [1.82, 2.24) is 5.32 Å². The van der Waals surface area contributed by atoms with Crippen molar-refractivity contribution in [3.63, 3.8) is 0 Å². The molecule has 3 N–H and O–H groups in total. The molecule has 7 nitrogen and oxygen atoms in total. The maximum Gasteiger partial charge on any atom is 0.326 e. The van der Waals surface area contributed by atoms with Crippen LogP contribution in [-0.2, 0) is 17.8 Å². The standard InChI is InChI=1S/C28H25NO6/c1-34-26-14-19(7-12-25(26)30)13-24(28(32)33)29-27(31)22-9-8-21-16-23(11-10-20(21)15-22)35-17-18-5-3-2-4-6-18/h2-12,14-16,24,30H,13,17H2,1H3,(H,29,31)(H,32,33). The molecule has 4 aromatic rings. The number of hydrogen-bond acceptors (Lipinski definition) is 5. The lowest BCUT2D eigenvalue weighted by Crippen LogP contribution is -2.42. The number of aromatic hydroxyl groups is 1. The number of benzene rings is 4. The van der Waals surface area contributed by atoms with Crippen molar-refractivity contribution in [2.45, 2.75) is 19.1 Å². The second-order valence-corrected chi connectivity index (χ2v) is 8.07. The third-order valence-electron chi connectivity index (χ3n) is 5.61. The quantitative estimate of drug-likeness (QED) is 0.331. The van der Waals surface area contributed by atoms with Crippen molar-refractivity contribution >= 4 is 22.6 Å². The van der Waals surface area contributed by atoms with Gasteiger partial charge in [0.25, 0.3) is 5.91 Å². The van der Waals surface area contributed by atoms with E-state index in [0.717, 1.165) is 16.3 Å². The fourth-order valence-corrected chi connectivity index (χ4v) is 3.72. The topological polar surface area (TPSA) is 105 Å². The van der Waals surface area contributed by atoms with E-state index in [1.54, 1.807) is 30.3 Å². The van der Waals surface area contributed by atoms with Crippen LogP contribution >= 0.6 is 0 Å². The Morgan fingerprint density at radius 3 is 2.37 bits per heavy atom. The number of phenols is 1. The number of phenolic OH excluding ortho intramolecular Hbond substituents is 1. The number of hydrogen-bond donors (Lipinski definition) is 3. The summed E-state index contributed by atoms with van der Waals surface area (Å²) >= 11 is 0. The number of rotatable bonds is 9. The number of nitrogens with one attached hydrogen (secondary N) is 1. The lowest BCUT2D eigenvalue weighted by molar-refractivity contribution is -0.139. The molecule has 0 aromatic heterocycles. The predicted octanol–water partition coefficient (Wildman–Crippen LogP) is 4.56. The smallest absolute Gasteiger partial charge is 0.326 e. The normalized spacial score (nSPS) is 11.6. The molecule has 0 aliphatic heterocycles. The van der Waals surface area contributed by atoms with Crippen LogP contribution in [0.5, 0.6) is 17.2 Å². The summed E-state index contributed by atoms with van der Waals surface area (Å²) < 4.78 is 10.9. The number of fused-ring (bicyclic) bond motifs is 1. The number of aliphatic carboxylic acids is 1. The van der Waals surface area contributed by atoms with E-state index in [-0.39, 0.29) is 17.9 Å². The Kier molecular flexibility index (Phi) is 7.16. The van der Waals surface area contributed by atoms with Gasteiger partial charge in [-0.25, -0.2) is 4.79 Å². The minimum atomic E-state index is -1.16. The van der Waals surface area contributed by atoms with Crippen molar-refractivity contribution in [1.29, 1.82) is 0 Å². The highest BCUT2D eigenvalue weighted by molar-refractivity contribution is 6.00. The van der Waals surface area contributed by atoms with Crippen molar-refractivity contribution < 1.29 is 29.3 Å². The summed E-state index contributed by atoms with van der Waals surface area (Å²) in [4.78, 5) is 24.6. The van der Waals surface area contributed by atoms with Gasteiger partial charge in [-0.05, 0) is 58.3 Å². The molecule has 0 saturated heterocycles. The van der Waals surface area contributed by atoms with Crippen LogP contribution in [0, 0.1) is 0 Å². The third-order valence-corrected chi connectivity index (χ3v) is 5.61. The van der Waals surface area contributed by atoms with E-state index in [1.165, 1.54) is 13.2 Å². The number of amides is 1. The first kappa shape index (κ1) is 23.6. The zero-order chi connectivity index (χ0) is 24.8. The number of carbonyl (C=O) groups excluding carboxylic acids is 1. The zero-order valence-electron chi connectivity index (χ0n) is 19.1. The van der Waals surface area contributed by atoms with Gasteiger partial charge in [-0.3, -0.25) is 4.79 Å². The minimum absolute atomic E-state index is 0.0351. The van der Waals surface area contributed by atoms with Crippen LogP contribution in [0.3, 0.4) is 0 Å². The van der Waals surface area contributed by atoms with E-state index in [9.17, 15) is 19.8 Å². The molecule has 0 aliphatic carbocycles. The zero-order valence-corrected chi connectivity index (χ0v) is 19.1. The molecule has 0 bridgehead atoms. The lowest BCUT2D eigenvalue weighted by Gasteiger charge is -2.16. The van der Waals surface area contributed by atoms with Gasteiger partial charge in [0.05, 0.1) is 7.11 Å². The summed E-state index contributed by atoms with van der Waals surface area (Å²) in [6.45, 7) is 0.455. The Hall–Kier alpha value is -4.52. The molecule has 35 heavy (non-hydrogen) atoms. The first-order valence-corrected chi connectivity index (χ1v) is 11.0. The number of carboxylic acid groups (broad SMARTS) is 1. The van der Waals surface area contributed by atoms with Gasteiger partial charge in [-0.15, -0.1) is 0 Å². The second-order valence-electron chi connectivity index (χ2n) is 8.07. The van der Waals surface area contributed by atoms with Crippen molar-refractivity contribution in [2.24, 2.45) is 0 Å². The van der Waals surface area contributed by atoms with Gasteiger partial charge in [0.2, 0.25) is 0 Å². The van der Waals surface area contributed by atoms with Gasteiger partial charge in [0.1, 0.15) is 18.4 Å². The first-order valence-electron chi connectivity index (χ1n) is 11.0. The summed E-state index contributed by atoms with van der Waals surface area (Å²) in [7, 11) is 1.41. The molecule has 1 unspecified atom stereocenters. The van der Waals surface area contributed by atoms with E-state index in [2.05, 4.69) is 5.32 Å². The fraction of sp³-hybridized carbons (Fsp3) is 0.143. The molecule has 4 aromatic carbocycles. The van der Waals surface area contributed by atoms with Crippen LogP contribution in [0.1, 0.15) is 21.5 Å². The fourth-order valence-electron chi connectivity index (χ4n) is 3.72. The van der Waals surface area contributed by atoms with Gasteiger partial charge in [-0.2, -0.15) is 0 Å². The van der Waals surface area contributed by atoms with Crippen molar-refractivity contribution in [3.05, 3.63) is 102 Å². The molecule has 1 amide bonds. The van der Waals surface area contributed by atoms with Crippen LogP contribution in [0.15, 0.2) is 84.9 Å². The minimum Gasteiger partial charge on any atom is -0.504 e. The summed E-state index contributed by atoms with van der Waals surface area (Å²) in [6, 6.07) is 24.1. The van der Waals surface area contributed by atoms with Gasteiger partial charge in [-0.1, -0.05) is 48.5 Å². The highest BCUT2D eigenvalue weighted by atomic mass is 16.5. The molecule has 0 fully saturated rings. The monoisotopic (exact) mass is 471 g/mol. The maximum absolute atomic E-state index is 12.8. The van der Waals surface area contributed by atoms with Crippen LogP contribution in [0.4, 0.5) is 0 Å². The van der Waals surface area contributed by atoms with Crippen molar-refractivity contribution in [2.75, 3.05) is 7.11 Å².